The average Bonchev–Trinajstić information content (AvgIpc) is 2.86. The molecule has 0 bridgehead atoms. The molecule has 23 heavy (non-hydrogen) atoms. The third kappa shape index (κ3) is 7.30. The van der Waals surface area contributed by atoms with Crippen LogP contribution in [0.4, 0.5) is 0 Å². The molecule has 2 rings (SSSR count). The second-order valence-corrected chi connectivity index (χ2v) is 9.95. The zero-order valence-electron chi connectivity index (χ0n) is 15.8. The quantitative estimate of drug-likeness (QED) is 0.649. The minimum absolute atomic E-state index is 0.372. The first-order valence-corrected chi connectivity index (χ1v) is 10.4. The van der Waals surface area contributed by atoms with E-state index in [4.69, 9.17) is 0 Å². The van der Waals surface area contributed by atoms with Crippen molar-refractivity contribution < 1.29 is 0 Å². The van der Waals surface area contributed by atoms with Gasteiger partial charge in [0.25, 0.3) is 0 Å². The van der Waals surface area contributed by atoms with Crippen LogP contribution in [0.25, 0.3) is 0 Å². The molecular weight excluding hydrogens is 298 g/mol. The van der Waals surface area contributed by atoms with Crippen LogP contribution < -0.4 is 0 Å². The van der Waals surface area contributed by atoms with Gasteiger partial charge in [-0.1, -0.05) is 58.9 Å². The lowest BCUT2D eigenvalue weighted by molar-refractivity contribution is 0.321. The maximum Gasteiger partial charge on any atom is 0.0233 e. The van der Waals surface area contributed by atoms with Crippen molar-refractivity contribution in [3.05, 3.63) is 35.4 Å². The summed E-state index contributed by atoms with van der Waals surface area (Å²) in [4.78, 5) is 2.64. The highest BCUT2D eigenvalue weighted by Gasteiger charge is 2.22. The molecule has 1 aromatic rings. The van der Waals surface area contributed by atoms with Gasteiger partial charge in [-0.15, -0.1) is 0 Å². The summed E-state index contributed by atoms with van der Waals surface area (Å²) in [7, 11) is 0. The predicted octanol–water partition coefficient (Wildman–Crippen LogP) is 5.49. The number of hydrogen-bond acceptors (Lipinski definition) is 2. The molecule has 1 unspecified atom stereocenters. The van der Waals surface area contributed by atoms with E-state index in [2.05, 4.69) is 75.5 Å². The van der Waals surface area contributed by atoms with Crippen LogP contribution >= 0.6 is 11.8 Å². The number of benzene rings is 1. The number of likely N-dealkylation sites (tertiary alicyclic amines) is 1. The Hall–Kier alpha value is -0.470. The van der Waals surface area contributed by atoms with E-state index in [1.165, 1.54) is 42.1 Å². The number of rotatable bonds is 7. The van der Waals surface area contributed by atoms with Gasteiger partial charge in [0, 0.05) is 13.1 Å². The van der Waals surface area contributed by atoms with E-state index in [1.807, 2.05) is 0 Å². The zero-order valence-corrected chi connectivity index (χ0v) is 16.6. The van der Waals surface area contributed by atoms with E-state index in [1.54, 1.807) is 0 Å². The first kappa shape index (κ1) is 18.9. The summed E-state index contributed by atoms with van der Waals surface area (Å²) in [5.41, 5.74) is 3.31. The van der Waals surface area contributed by atoms with Gasteiger partial charge >= 0.3 is 0 Å². The maximum atomic E-state index is 2.64. The largest absolute Gasteiger partial charge is 0.299 e. The molecule has 0 spiro atoms. The lowest BCUT2D eigenvalue weighted by Gasteiger charge is -2.19. The van der Waals surface area contributed by atoms with E-state index in [9.17, 15) is 0 Å². The number of nitrogens with zero attached hydrogens (tertiary/aromatic N) is 1. The molecule has 0 amide bonds. The molecule has 1 saturated heterocycles. The van der Waals surface area contributed by atoms with Crippen LogP contribution in [0, 0.1) is 17.3 Å². The third-order valence-corrected chi connectivity index (χ3v) is 5.95. The molecule has 0 N–H and O–H groups in total. The lowest BCUT2D eigenvalue weighted by Crippen LogP contribution is -2.20. The molecule has 1 atom stereocenters. The van der Waals surface area contributed by atoms with Crippen molar-refractivity contribution >= 4 is 11.8 Å². The molecule has 0 saturated carbocycles. The molecule has 2 heteroatoms. The second kappa shape index (κ2) is 8.58. The van der Waals surface area contributed by atoms with Crippen LogP contribution in [-0.4, -0.2) is 29.5 Å². The molecule has 0 radical (unpaired) electrons. The summed E-state index contributed by atoms with van der Waals surface area (Å²) in [6.07, 6.45) is 2.54. The summed E-state index contributed by atoms with van der Waals surface area (Å²) in [5.74, 6) is 4.38. The highest BCUT2D eigenvalue weighted by molar-refractivity contribution is 7.99. The first-order chi connectivity index (χ1) is 10.8. The van der Waals surface area contributed by atoms with Gasteiger partial charge < -0.3 is 0 Å². The van der Waals surface area contributed by atoms with E-state index in [-0.39, 0.29) is 0 Å². The fraction of sp³-hybridized carbons (Fsp3) is 0.714. The maximum absolute atomic E-state index is 2.64. The Bertz CT molecular complexity index is 458. The highest BCUT2D eigenvalue weighted by Crippen LogP contribution is 2.24. The van der Waals surface area contributed by atoms with Crippen LogP contribution in [0.2, 0.25) is 0 Å². The molecule has 1 aromatic carbocycles. The van der Waals surface area contributed by atoms with Gasteiger partial charge in [0.05, 0.1) is 0 Å². The zero-order chi connectivity index (χ0) is 16.9. The predicted molar refractivity (Wildman–Crippen MR) is 105 cm³/mol. The third-order valence-electron chi connectivity index (χ3n) is 4.34. The Kier molecular flexibility index (Phi) is 7.03. The second-order valence-electron chi connectivity index (χ2n) is 8.88. The van der Waals surface area contributed by atoms with E-state index in [0.29, 0.717) is 5.41 Å². The van der Waals surface area contributed by atoms with Gasteiger partial charge in [0.1, 0.15) is 0 Å². The Balaban J connectivity index is 1.75. The summed E-state index contributed by atoms with van der Waals surface area (Å²) in [6, 6.07) is 9.32. The fourth-order valence-electron chi connectivity index (χ4n) is 3.30. The van der Waals surface area contributed by atoms with Crippen LogP contribution in [0.15, 0.2) is 24.3 Å². The van der Waals surface area contributed by atoms with Gasteiger partial charge in [-0.3, -0.25) is 4.90 Å². The molecule has 1 fully saturated rings. The Morgan fingerprint density at radius 2 is 1.78 bits per heavy atom. The minimum atomic E-state index is 0.372. The molecule has 1 nitrogen and oxygen atoms in total. The molecule has 0 aromatic heterocycles. The Labute approximate surface area is 148 Å². The van der Waals surface area contributed by atoms with Crippen molar-refractivity contribution in [2.75, 3.05) is 24.6 Å². The summed E-state index contributed by atoms with van der Waals surface area (Å²) in [6.45, 7) is 15.2. The summed E-state index contributed by atoms with van der Waals surface area (Å²) < 4.78 is 0. The number of hydrogen-bond donors (Lipinski definition) is 0. The highest BCUT2D eigenvalue weighted by atomic mass is 32.2. The van der Waals surface area contributed by atoms with Crippen LogP contribution in [-0.2, 0) is 13.0 Å². The van der Waals surface area contributed by atoms with Gasteiger partial charge in [-0.05, 0) is 59.3 Å². The van der Waals surface area contributed by atoms with Crippen molar-refractivity contribution in [3.8, 4) is 0 Å². The number of thioether (sulfide) groups is 1. The Morgan fingerprint density at radius 1 is 1.13 bits per heavy atom. The molecule has 1 aliphatic rings. The van der Waals surface area contributed by atoms with E-state index < -0.39 is 0 Å². The van der Waals surface area contributed by atoms with Crippen molar-refractivity contribution in [3.63, 3.8) is 0 Å². The van der Waals surface area contributed by atoms with Gasteiger partial charge in [-0.2, -0.15) is 11.8 Å². The van der Waals surface area contributed by atoms with Crippen molar-refractivity contribution in [2.45, 2.75) is 54.0 Å². The lowest BCUT2D eigenvalue weighted by atomic mass is 9.88. The monoisotopic (exact) mass is 333 g/mol. The van der Waals surface area contributed by atoms with Crippen molar-refractivity contribution in [1.82, 2.24) is 4.90 Å². The molecule has 0 aliphatic carbocycles. The van der Waals surface area contributed by atoms with Crippen molar-refractivity contribution in [2.24, 2.45) is 17.3 Å². The SMILES string of the molecule is CC(C)CSCC1CCN(Cc2ccc(CC(C)(C)C)cc2)C1. The molecule has 1 heterocycles. The Morgan fingerprint density at radius 3 is 2.39 bits per heavy atom. The normalized spacial score (nSPS) is 19.7. The molecule has 130 valence electrons. The average molecular weight is 334 g/mol. The molecular formula is C21H35NS. The molecule has 1 aliphatic heterocycles. The van der Waals surface area contributed by atoms with Crippen molar-refractivity contribution in [1.29, 1.82) is 0 Å². The van der Waals surface area contributed by atoms with Gasteiger partial charge in [-0.25, -0.2) is 0 Å². The van der Waals surface area contributed by atoms with Crippen LogP contribution in [0.5, 0.6) is 0 Å². The van der Waals surface area contributed by atoms with Crippen LogP contribution in [0.1, 0.15) is 52.2 Å². The van der Waals surface area contributed by atoms with Gasteiger partial charge in [0.15, 0.2) is 0 Å². The first-order valence-electron chi connectivity index (χ1n) is 9.20. The van der Waals surface area contributed by atoms with Crippen LogP contribution in [0.3, 0.4) is 0 Å². The van der Waals surface area contributed by atoms with Gasteiger partial charge in [0.2, 0.25) is 0 Å². The fourth-order valence-corrected chi connectivity index (χ4v) is 4.51. The topological polar surface area (TPSA) is 3.24 Å². The standard InChI is InChI=1S/C21H35NS/c1-17(2)15-23-16-20-10-11-22(14-20)13-19-8-6-18(7-9-19)12-21(3,4)5/h6-9,17,20H,10-16H2,1-5H3. The van der Waals surface area contributed by atoms with E-state index >= 15 is 0 Å². The minimum Gasteiger partial charge on any atom is -0.299 e. The van der Waals surface area contributed by atoms with E-state index in [0.717, 1.165) is 24.8 Å². The summed E-state index contributed by atoms with van der Waals surface area (Å²) >= 11 is 2.15. The summed E-state index contributed by atoms with van der Waals surface area (Å²) in [5, 5.41) is 0. The smallest absolute Gasteiger partial charge is 0.0233 e.